The van der Waals surface area contributed by atoms with E-state index < -0.39 is 32.7 Å². The van der Waals surface area contributed by atoms with E-state index in [1.165, 1.54) is 10.9 Å². The number of rotatable bonds is 3. The first kappa shape index (κ1) is 20.5. The van der Waals surface area contributed by atoms with E-state index in [1.807, 2.05) is 0 Å². The van der Waals surface area contributed by atoms with E-state index in [4.69, 9.17) is 0 Å². The van der Waals surface area contributed by atoms with Crippen LogP contribution >= 0.6 is 0 Å². The van der Waals surface area contributed by atoms with Crippen molar-refractivity contribution in [3.8, 4) is 0 Å². The van der Waals surface area contributed by atoms with Crippen LogP contribution in [-0.2, 0) is 16.2 Å². The normalized spacial score (nSPS) is 18.6. The van der Waals surface area contributed by atoms with Crippen LogP contribution in [0.3, 0.4) is 0 Å². The van der Waals surface area contributed by atoms with Crippen LogP contribution in [0.1, 0.15) is 24.4 Å². The molecule has 1 aliphatic heterocycles. The van der Waals surface area contributed by atoms with E-state index in [-0.39, 0.29) is 18.6 Å². The Morgan fingerprint density at radius 3 is 2.60 bits per heavy atom. The molecule has 2 aromatic carbocycles. The SMILES string of the molecule is O=c1c2ccccc2ncn1[C@@H]1CCCN(S(=O)(=O)c2cccc(C(F)(F)F)c2)C1. The number of hydrogen-bond donors (Lipinski definition) is 0. The van der Waals surface area contributed by atoms with Crippen LogP contribution in [0, 0.1) is 0 Å². The summed E-state index contributed by atoms with van der Waals surface area (Å²) in [6, 6.07) is 10.1. The summed E-state index contributed by atoms with van der Waals surface area (Å²) in [4.78, 5) is 16.7. The zero-order valence-corrected chi connectivity index (χ0v) is 16.5. The molecule has 0 spiro atoms. The molecule has 158 valence electrons. The fourth-order valence-corrected chi connectivity index (χ4v) is 5.25. The lowest BCUT2D eigenvalue weighted by Crippen LogP contribution is -2.42. The zero-order chi connectivity index (χ0) is 21.5. The van der Waals surface area contributed by atoms with Gasteiger partial charge in [0, 0.05) is 13.1 Å². The maximum Gasteiger partial charge on any atom is 0.416 e. The summed E-state index contributed by atoms with van der Waals surface area (Å²) in [5.41, 5.74) is -0.751. The van der Waals surface area contributed by atoms with Crippen LogP contribution in [0.4, 0.5) is 13.2 Å². The number of nitrogens with zero attached hydrogens (tertiary/aromatic N) is 3. The number of halogens is 3. The number of hydrogen-bond acceptors (Lipinski definition) is 4. The number of fused-ring (bicyclic) bond motifs is 1. The van der Waals surface area contributed by atoms with Gasteiger partial charge in [-0.25, -0.2) is 13.4 Å². The molecule has 0 saturated carbocycles. The zero-order valence-electron chi connectivity index (χ0n) is 15.7. The molecule has 0 unspecified atom stereocenters. The fourth-order valence-electron chi connectivity index (χ4n) is 3.69. The lowest BCUT2D eigenvalue weighted by Gasteiger charge is -2.32. The van der Waals surface area contributed by atoms with Gasteiger partial charge in [0.25, 0.3) is 5.56 Å². The third-order valence-corrected chi connectivity index (χ3v) is 7.10. The summed E-state index contributed by atoms with van der Waals surface area (Å²) < 4.78 is 67.5. The van der Waals surface area contributed by atoms with Gasteiger partial charge < -0.3 is 0 Å². The van der Waals surface area contributed by atoms with Crippen LogP contribution < -0.4 is 5.56 Å². The number of aromatic nitrogens is 2. The molecule has 1 atom stereocenters. The Bertz CT molecular complexity index is 1260. The summed E-state index contributed by atoms with van der Waals surface area (Å²) >= 11 is 0. The molecule has 6 nitrogen and oxygen atoms in total. The molecule has 4 rings (SSSR count). The van der Waals surface area contributed by atoms with E-state index in [1.54, 1.807) is 24.3 Å². The quantitative estimate of drug-likeness (QED) is 0.629. The van der Waals surface area contributed by atoms with Gasteiger partial charge in [0.15, 0.2) is 0 Å². The summed E-state index contributed by atoms with van der Waals surface area (Å²) in [5, 5.41) is 0.429. The molecule has 1 aromatic heterocycles. The minimum atomic E-state index is -4.64. The summed E-state index contributed by atoms with van der Waals surface area (Å²) in [7, 11) is -4.14. The predicted molar refractivity (Wildman–Crippen MR) is 104 cm³/mol. The summed E-state index contributed by atoms with van der Waals surface area (Å²) in [5.74, 6) is 0. The molecule has 30 heavy (non-hydrogen) atoms. The number of benzene rings is 2. The van der Waals surface area contributed by atoms with E-state index in [9.17, 15) is 26.4 Å². The molecule has 0 aliphatic carbocycles. The van der Waals surface area contributed by atoms with Gasteiger partial charge in [0.05, 0.1) is 33.7 Å². The van der Waals surface area contributed by atoms with E-state index in [2.05, 4.69) is 4.98 Å². The lowest BCUT2D eigenvalue weighted by atomic mass is 10.1. The first-order chi connectivity index (χ1) is 14.2. The Balaban J connectivity index is 1.66. The maximum absolute atomic E-state index is 13.0. The molecule has 1 aliphatic rings. The van der Waals surface area contributed by atoms with Gasteiger partial charge in [-0.15, -0.1) is 0 Å². The first-order valence-corrected chi connectivity index (χ1v) is 10.8. The van der Waals surface area contributed by atoms with Crippen molar-refractivity contribution in [2.45, 2.75) is 30.0 Å². The first-order valence-electron chi connectivity index (χ1n) is 9.31. The largest absolute Gasteiger partial charge is 0.416 e. The average molecular weight is 437 g/mol. The van der Waals surface area contributed by atoms with Crippen molar-refractivity contribution in [1.29, 1.82) is 0 Å². The van der Waals surface area contributed by atoms with Crippen molar-refractivity contribution in [2.75, 3.05) is 13.1 Å². The van der Waals surface area contributed by atoms with Crippen molar-refractivity contribution >= 4 is 20.9 Å². The summed E-state index contributed by atoms with van der Waals surface area (Å²) in [6.07, 6.45) is -2.20. The molecule has 0 N–H and O–H groups in total. The smallest absolute Gasteiger partial charge is 0.294 e. The van der Waals surface area contributed by atoms with Crippen molar-refractivity contribution < 1.29 is 21.6 Å². The second-order valence-corrected chi connectivity index (χ2v) is 9.10. The van der Waals surface area contributed by atoms with E-state index >= 15 is 0 Å². The third kappa shape index (κ3) is 3.72. The minimum Gasteiger partial charge on any atom is -0.294 e. The summed E-state index contributed by atoms with van der Waals surface area (Å²) in [6.45, 7) is 0.156. The van der Waals surface area contributed by atoms with Crippen molar-refractivity contribution in [2.24, 2.45) is 0 Å². The molecule has 2 heterocycles. The number of alkyl halides is 3. The molecular formula is C20H18F3N3O3S. The second kappa shape index (κ2) is 7.51. The minimum absolute atomic E-state index is 0.0154. The molecule has 3 aromatic rings. The highest BCUT2D eigenvalue weighted by atomic mass is 32.2. The van der Waals surface area contributed by atoms with Gasteiger partial charge >= 0.3 is 6.18 Å². The topological polar surface area (TPSA) is 72.3 Å². The van der Waals surface area contributed by atoms with Gasteiger partial charge in [-0.05, 0) is 43.2 Å². The Morgan fingerprint density at radius 2 is 1.83 bits per heavy atom. The van der Waals surface area contributed by atoms with Crippen LogP contribution in [-0.4, -0.2) is 35.4 Å². The Morgan fingerprint density at radius 1 is 1.07 bits per heavy atom. The van der Waals surface area contributed by atoms with Gasteiger partial charge in [-0.3, -0.25) is 9.36 Å². The van der Waals surface area contributed by atoms with Crippen LogP contribution in [0.2, 0.25) is 0 Å². The van der Waals surface area contributed by atoms with Crippen molar-refractivity contribution in [3.05, 3.63) is 70.8 Å². The van der Waals surface area contributed by atoms with Crippen molar-refractivity contribution in [3.63, 3.8) is 0 Å². The number of piperidine rings is 1. The molecule has 1 fully saturated rings. The van der Waals surface area contributed by atoms with Crippen LogP contribution in [0.25, 0.3) is 10.9 Å². The molecule has 0 radical (unpaired) electrons. The Labute approximate surface area is 170 Å². The van der Waals surface area contributed by atoms with E-state index in [0.29, 0.717) is 29.8 Å². The lowest BCUT2D eigenvalue weighted by molar-refractivity contribution is -0.137. The molecule has 0 amide bonds. The van der Waals surface area contributed by atoms with Crippen LogP contribution in [0.15, 0.2) is 64.5 Å². The highest BCUT2D eigenvalue weighted by Gasteiger charge is 2.35. The molecular weight excluding hydrogens is 419 g/mol. The highest BCUT2D eigenvalue weighted by Crippen LogP contribution is 2.32. The third-order valence-electron chi connectivity index (χ3n) is 5.24. The highest BCUT2D eigenvalue weighted by molar-refractivity contribution is 7.89. The predicted octanol–water partition coefficient (Wildman–Crippen LogP) is 3.44. The maximum atomic E-state index is 13.0. The number of para-hydroxylation sites is 1. The van der Waals surface area contributed by atoms with Crippen molar-refractivity contribution in [1.82, 2.24) is 13.9 Å². The molecule has 0 bridgehead atoms. The second-order valence-electron chi connectivity index (χ2n) is 7.16. The van der Waals surface area contributed by atoms with Gasteiger partial charge in [0.1, 0.15) is 0 Å². The molecule has 1 saturated heterocycles. The number of sulfonamides is 1. The van der Waals surface area contributed by atoms with Gasteiger partial charge in [-0.2, -0.15) is 17.5 Å². The Hall–Kier alpha value is -2.72. The average Bonchev–Trinajstić information content (AvgIpc) is 2.74. The Kier molecular flexibility index (Phi) is 5.15. The van der Waals surface area contributed by atoms with Crippen LogP contribution in [0.5, 0.6) is 0 Å². The van der Waals surface area contributed by atoms with Gasteiger partial charge in [0.2, 0.25) is 10.0 Å². The fraction of sp³-hybridized carbons (Fsp3) is 0.300. The standard InChI is InChI=1S/C20H18F3N3O3S/c21-20(22,23)14-5-3-7-16(11-14)30(28,29)25-10-4-6-15(12-25)26-13-24-18-9-2-1-8-17(18)19(26)27/h1-3,5,7-9,11,13,15H,4,6,10,12H2/t15-/m1/s1. The monoisotopic (exact) mass is 437 g/mol. The van der Waals surface area contributed by atoms with Gasteiger partial charge in [-0.1, -0.05) is 18.2 Å². The van der Waals surface area contributed by atoms with E-state index in [0.717, 1.165) is 22.5 Å². The molecule has 10 heteroatoms.